The Morgan fingerprint density at radius 3 is 2.05 bits per heavy atom. The van der Waals surface area contributed by atoms with Gasteiger partial charge in [0.05, 0.1) is 6.54 Å². The largest absolute Gasteiger partial charge is 0.460 e. The van der Waals surface area contributed by atoms with E-state index >= 15 is 0 Å². The lowest BCUT2D eigenvalue weighted by Gasteiger charge is -2.03. The minimum Gasteiger partial charge on any atom is -0.460 e. The van der Waals surface area contributed by atoms with E-state index in [1.165, 1.54) is 5.56 Å². The molecule has 1 N–H and O–H groups in total. The summed E-state index contributed by atoms with van der Waals surface area (Å²) in [6.45, 7) is 1.45. The smallest absolute Gasteiger partial charge is 0.134 e. The fourth-order valence-corrected chi connectivity index (χ4v) is 2.43. The summed E-state index contributed by atoms with van der Waals surface area (Å²) in [4.78, 5) is 0. The topological polar surface area (TPSA) is 25.2 Å². The Morgan fingerprint density at radius 2 is 1.36 bits per heavy atom. The van der Waals surface area contributed by atoms with E-state index in [-0.39, 0.29) is 0 Å². The van der Waals surface area contributed by atoms with Crippen LogP contribution in [0.3, 0.4) is 0 Å². The summed E-state index contributed by atoms with van der Waals surface area (Å²) in [7, 11) is 0. The first kappa shape index (κ1) is 15.2. The van der Waals surface area contributed by atoms with Crippen LogP contribution in [-0.4, -0.2) is 0 Å². The fourth-order valence-electron chi connectivity index (χ4n) is 2.17. The van der Waals surface area contributed by atoms with Gasteiger partial charge in [0, 0.05) is 22.2 Å². The molecule has 0 aliphatic heterocycles. The second kappa shape index (κ2) is 7.01. The molecule has 0 amide bonds. The molecule has 22 heavy (non-hydrogen) atoms. The molecule has 0 atom stereocenters. The average molecular weight is 332 g/mol. The molecule has 2 aromatic carbocycles. The Balaban J connectivity index is 1.57. The van der Waals surface area contributed by atoms with Crippen LogP contribution in [0.15, 0.2) is 65.1 Å². The van der Waals surface area contributed by atoms with Crippen molar-refractivity contribution in [3.63, 3.8) is 0 Å². The second-order valence-electron chi connectivity index (χ2n) is 5.00. The summed E-state index contributed by atoms with van der Waals surface area (Å²) in [5, 5.41) is 4.83. The van der Waals surface area contributed by atoms with Gasteiger partial charge in [-0.1, -0.05) is 35.3 Å². The van der Waals surface area contributed by atoms with Crippen molar-refractivity contribution in [3.8, 4) is 11.3 Å². The van der Waals surface area contributed by atoms with Crippen molar-refractivity contribution in [2.24, 2.45) is 0 Å². The molecule has 0 unspecified atom stereocenters. The van der Waals surface area contributed by atoms with Crippen molar-refractivity contribution >= 4 is 23.2 Å². The Hall–Kier alpha value is -1.74. The molecule has 0 fully saturated rings. The highest BCUT2D eigenvalue weighted by Crippen LogP contribution is 2.23. The summed E-state index contributed by atoms with van der Waals surface area (Å²) in [5.41, 5.74) is 2.21. The lowest BCUT2D eigenvalue weighted by molar-refractivity contribution is 0.493. The van der Waals surface area contributed by atoms with Crippen molar-refractivity contribution in [1.29, 1.82) is 0 Å². The summed E-state index contributed by atoms with van der Waals surface area (Å²) in [6, 6.07) is 19.4. The normalized spacial score (nSPS) is 10.8. The molecule has 4 heteroatoms. The number of hydrogen-bond donors (Lipinski definition) is 1. The molecular weight excluding hydrogens is 317 g/mol. The lowest BCUT2D eigenvalue weighted by Crippen LogP contribution is -2.11. The zero-order valence-electron chi connectivity index (χ0n) is 11.9. The molecule has 112 valence electrons. The van der Waals surface area contributed by atoms with Crippen molar-refractivity contribution in [2.45, 2.75) is 13.1 Å². The Kier molecular flexibility index (Phi) is 4.84. The monoisotopic (exact) mass is 331 g/mol. The van der Waals surface area contributed by atoms with E-state index in [1.54, 1.807) is 0 Å². The molecule has 2 nitrogen and oxygen atoms in total. The lowest BCUT2D eigenvalue weighted by atomic mass is 10.2. The summed E-state index contributed by atoms with van der Waals surface area (Å²) >= 11 is 11.8. The van der Waals surface area contributed by atoms with Gasteiger partial charge < -0.3 is 9.73 Å². The first-order valence-corrected chi connectivity index (χ1v) is 7.76. The zero-order chi connectivity index (χ0) is 15.4. The molecule has 0 saturated carbocycles. The van der Waals surface area contributed by atoms with Crippen LogP contribution < -0.4 is 5.32 Å². The highest BCUT2D eigenvalue weighted by molar-refractivity contribution is 6.30. The van der Waals surface area contributed by atoms with Crippen molar-refractivity contribution < 1.29 is 4.42 Å². The first-order valence-electron chi connectivity index (χ1n) is 7.00. The van der Waals surface area contributed by atoms with E-state index in [0.717, 1.165) is 33.7 Å². The van der Waals surface area contributed by atoms with Crippen LogP contribution in [0.5, 0.6) is 0 Å². The number of hydrogen-bond acceptors (Lipinski definition) is 2. The molecule has 3 aromatic rings. The summed E-state index contributed by atoms with van der Waals surface area (Å²) in [5.74, 6) is 1.75. The molecule has 1 heterocycles. The predicted octanol–water partition coefficient (Wildman–Crippen LogP) is 5.54. The van der Waals surface area contributed by atoms with Gasteiger partial charge in [-0.3, -0.25) is 0 Å². The summed E-state index contributed by atoms with van der Waals surface area (Å²) < 4.78 is 5.84. The van der Waals surface area contributed by atoms with Gasteiger partial charge in [0.15, 0.2) is 0 Å². The average Bonchev–Trinajstić information content (AvgIpc) is 2.99. The van der Waals surface area contributed by atoms with Gasteiger partial charge in [-0.25, -0.2) is 0 Å². The Bertz CT molecular complexity index is 733. The van der Waals surface area contributed by atoms with E-state index in [0.29, 0.717) is 6.54 Å². The molecule has 0 bridgehead atoms. The number of nitrogens with one attached hydrogen (secondary N) is 1. The predicted molar refractivity (Wildman–Crippen MR) is 91.1 cm³/mol. The maximum absolute atomic E-state index is 5.89. The van der Waals surface area contributed by atoms with Crippen LogP contribution >= 0.6 is 23.2 Å². The quantitative estimate of drug-likeness (QED) is 0.663. The summed E-state index contributed by atoms with van der Waals surface area (Å²) in [6.07, 6.45) is 0. The third kappa shape index (κ3) is 3.92. The molecule has 3 rings (SSSR count). The number of halogens is 2. The number of benzene rings is 2. The van der Waals surface area contributed by atoms with Gasteiger partial charge in [0.2, 0.25) is 0 Å². The van der Waals surface area contributed by atoms with Crippen LogP contribution in [0.2, 0.25) is 10.0 Å². The van der Waals surface area contributed by atoms with Gasteiger partial charge in [-0.15, -0.1) is 0 Å². The zero-order valence-corrected chi connectivity index (χ0v) is 13.4. The molecule has 0 aliphatic rings. The van der Waals surface area contributed by atoms with Gasteiger partial charge in [-0.05, 0) is 54.1 Å². The van der Waals surface area contributed by atoms with Gasteiger partial charge in [-0.2, -0.15) is 0 Å². The van der Waals surface area contributed by atoms with Crippen molar-refractivity contribution in [1.82, 2.24) is 5.32 Å². The van der Waals surface area contributed by atoms with Crippen LogP contribution in [0.1, 0.15) is 11.3 Å². The maximum Gasteiger partial charge on any atom is 0.134 e. The second-order valence-corrected chi connectivity index (χ2v) is 5.88. The van der Waals surface area contributed by atoms with Crippen LogP contribution in [0.25, 0.3) is 11.3 Å². The van der Waals surface area contributed by atoms with Crippen LogP contribution in [-0.2, 0) is 13.1 Å². The minimum absolute atomic E-state index is 0.677. The molecule has 0 saturated heterocycles. The third-order valence-corrected chi connectivity index (χ3v) is 3.84. The highest BCUT2D eigenvalue weighted by Gasteiger charge is 2.04. The van der Waals surface area contributed by atoms with Crippen molar-refractivity contribution in [3.05, 3.63) is 82.0 Å². The van der Waals surface area contributed by atoms with E-state index < -0.39 is 0 Å². The van der Waals surface area contributed by atoms with Gasteiger partial charge in [0.1, 0.15) is 11.5 Å². The minimum atomic E-state index is 0.677. The third-order valence-electron chi connectivity index (χ3n) is 3.33. The van der Waals surface area contributed by atoms with E-state index in [9.17, 15) is 0 Å². The van der Waals surface area contributed by atoms with Crippen LogP contribution in [0.4, 0.5) is 0 Å². The number of furan rings is 1. The molecule has 1 aromatic heterocycles. The maximum atomic E-state index is 5.89. The fraction of sp³-hybridized carbons (Fsp3) is 0.111. The molecule has 0 spiro atoms. The Morgan fingerprint density at radius 1 is 0.727 bits per heavy atom. The van der Waals surface area contributed by atoms with Crippen LogP contribution in [0, 0.1) is 0 Å². The first-order chi connectivity index (χ1) is 10.7. The SMILES string of the molecule is Clc1ccc(CNCc2ccc(-c3ccc(Cl)cc3)o2)cc1. The Labute approximate surface area is 139 Å². The van der Waals surface area contributed by atoms with Gasteiger partial charge in [0.25, 0.3) is 0 Å². The van der Waals surface area contributed by atoms with E-state index in [1.807, 2.05) is 60.7 Å². The van der Waals surface area contributed by atoms with Crippen molar-refractivity contribution in [2.75, 3.05) is 0 Å². The van der Waals surface area contributed by atoms with E-state index in [4.69, 9.17) is 27.6 Å². The van der Waals surface area contributed by atoms with Gasteiger partial charge >= 0.3 is 0 Å². The molecule has 0 aliphatic carbocycles. The molecule has 0 radical (unpaired) electrons. The highest BCUT2D eigenvalue weighted by atomic mass is 35.5. The van der Waals surface area contributed by atoms with E-state index in [2.05, 4.69) is 5.32 Å². The number of rotatable bonds is 5. The standard InChI is InChI=1S/C18H15Cl2NO/c19-15-5-1-13(2-6-15)11-21-12-17-9-10-18(22-17)14-3-7-16(20)8-4-14/h1-10,21H,11-12H2. The molecular formula is C18H15Cl2NO.